The predicted octanol–water partition coefficient (Wildman–Crippen LogP) is 16.1. The van der Waals surface area contributed by atoms with Crippen molar-refractivity contribution in [3.63, 3.8) is 0 Å². The molecule has 0 radical (unpaired) electrons. The highest BCUT2D eigenvalue weighted by Gasteiger charge is 2.43. The lowest BCUT2D eigenvalue weighted by Gasteiger charge is -2.62. The summed E-state index contributed by atoms with van der Waals surface area (Å²) in [5, 5.41) is 62.8. The van der Waals surface area contributed by atoms with Gasteiger partial charge in [0.25, 0.3) is 0 Å². The molecule has 0 bridgehead atoms. The number of aromatic hydroxyl groups is 2. The highest BCUT2D eigenvalue weighted by molar-refractivity contribution is 6.08. The Morgan fingerprint density at radius 3 is 0.900 bits per heavy atom. The number of fused-ring (bicyclic) bond motifs is 4. The minimum Gasteiger partial charge on any atom is -0.851 e. The van der Waals surface area contributed by atoms with Gasteiger partial charge >= 0.3 is 0 Å². The molecule has 0 unspecified atom stereocenters. The van der Waals surface area contributed by atoms with Gasteiger partial charge in [-0.15, -0.1) is 12.2 Å². The maximum Gasteiger partial charge on any atom is 0.121 e. The zero-order valence-electron chi connectivity index (χ0n) is 43.8. The van der Waals surface area contributed by atoms with Crippen molar-refractivity contribution < 1.29 is 20.4 Å². The Morgan fingerprint density at radius 2 is 0.614 bits per heavy atom. The number of hydrogen-bond donors (Lipinski definition) is 2. The molecule has 0 atom stereocenters. The van der Waals surface area contributed by atoms with E-state index in [1.807, 2.05) is 24.3 Å². The van der Waals surface area contributed by atoms with Gasteiger partial charge in [-0.05, 0) is 94.1 Å². The average Bonchev–Trinajstić information content (AvgIpc) is 3.37. The summed E-state index contributed by atoms with van der Waals surface area (Å²) in [5.41, 5.74) is 2.91. The highest BCUT2D eigenvalue weighted by Crippen LogP contribution is 2.55. The van der Waals surface area contributed by atoms with Gasteiger partial charge in [-0.3, -0.25) is 0 Å². The number of hydrogen-bond acceptors (Lipinski definition) is 6. The van der Waals surface area contributed by atoms with Crippen molar-refractivity contribution in [1.29, 1.82) is 0 Å². The molecule has 1 aliphatic carbocycles. The Hall–Kier alpha value is -4.52. The van der Waals surface area contributed by atoms with E-state index in [4.69, 9.17) is 0 Å². The lowest BCUT2D eigenvalue weighted by atomic mass is 9.61. The summed E-state index contributed by atoms with van der Waals surface area (Å²) < 4.78 is 0. The van der Waals surface area contributed by atoms with Crippen LogP contribution >= 0.6 is 0 Å². The molecule has 0 spiro atoms. The molecule has 1 saturated carbocycles. The van der Waals surface area contributed by atoms with Crippen molar-refractivity contribution in [3.8, 4) is 11.5 Å². The normalized spacial score (nSPS) is 17.0. The number of anilines is 2. The van der Waals surface area contributed by atoms with E-state index in [-0.39, 0.29) is 11.5 Å². The summed E-state index contributed by atoms with van der Waals surface area (Å²) in [6.45, 7) is 12.6. The minimum absolute atomic E-state index is 0.0364. The molecule has 6 aromatic carbocycles. The van der Waals surface area contributed by atoms with Crippen molar-refractivity contribution in [2.45, 2.75) is 206 Å². The predicted molar refractivity (Wildman–Crippen MR) is 297 cm³/mol. The van der Waals surface area contributed by atoms with Crippen LogP contribution in [0.3, 0.4) is 0 Å². The van der Waals surface area contributed by atoms with Gasteiger partial charge in [-0.2, -0.15) is 0 Å². The summed E-state index contributed by atoms with van der Waals surface area (Å²) in [6.07, 6.45) is 26.2. The first-order valence-electron chi connectivity index (χ1n) is 28.5. The average molecular weight is 949 g/mol. The standard InChI is InChI=1S/C64H88N2O4/c1-5-9-13-17-21-29-37-65(38-30-22-18-14-10-6-2)55-45-57(67)59(53-43-49-35-27-25-33-47(49)41-51(53)55)61-63(69)62(64(61)70)60-54-44-50-36-28-26-34-48(50)42-52(54)56(46-58(60)68)66(39-31-23-19-15-11-7-3)40-32-24-20-16-12-8-4/h25-28,33-36,41-46,61-64,67-68H,5-24,29-32,37-40H2,1-4H3/q-2. The number of nitrogens with zero attached hydrogens (tertiary/aromatic N) is 2. The second-order valence-corrected chi connectivity index (χ2v) is 21.2. The molecule has 6 heteroatoms. The molecule has 1 fully saturated rings. The highest BCUT2D eigenvalue weighted by atomic mass is 16.3. The summed E-state index contributed by atoms with van der Waals surface area (Å²) in [6, 6.07) is 29.0. The van der Waals surface area contributed by atoms with Gasteiger partial charge < -0.3 is 30.2 Å². The third kappa shape index (κ3) is 13.1. The van der Waals surface area contributed by atoms with Crippen LogP contribution in [0.2, 0.25) is 0 Å². The second-order valence-electron chi connectivity index (χ2n) is 21.2. The smallest absolute Gasteiger partial charge is 0.121 e. The van der Waals surface area contributed by atoms with E-state index >= 15 is 10.2 Å². The van der Waals surface area contributed by atoms with Crippen LogP contribution in [-0.2, 0) is 0 Å². The summed E-state index contributed by atoms with van der Waals surface area (Å²) in [7, 11) is 0. The zero-order chi connectivity index (χ0) is 49.2. The summed E-state index contributed by atoms with van der Waals surface area (Å²) in [5.74, 6) is -1.87. The maximum atomic E-state index is 15.2. The molecule has 7 rings (SSSR count). The van der Waals surface area contributed by atoms with Gasteiger partial charge in [-0.25, -0.2) is 0 Å². The maximum absolute atomic E-state index is 15.2. The largest absolute Gasteiger partial charge is 0.851 e. The number of phenolic OH excluding ortho intramolecular Hbond substituents is 2. The van der Waals surface area contributed by atoms with E-state index in [0.717, 1.165) is 106 Å². The summed E-state index contributed by atoms with van der Waals surface area (Å²) >= 11 is 0. The Kier molecular flexibility index (Phi) is 20.8. The lowest BCUT2D eigenvalue weighted by molar-refractivity contribution is -0.535. The molecule has 0 aliphatic heterocycles. The van der Waals surface area contributed by atoms with Gasteiger partial charge in [0.2, 0.25) is 0 Å². The van der Waals surface area contributed by atoms with E-state index in [2.05, 4.69) is 98.2 Å². The third-order valence-electron chi connectivity index (χ3n) is 15.9. The third-order valence-corrected chi connectivity index (χ3v) is 15.9. The fourth-order valence-corrected chi connectivity index (χ4v) is 11.8. The lowest BCUT2D eigenvalue weighted by Crippen LogP contribution is -2.63. The molecular formula is C64H88N2O4-2. The number of phenols is 2. The first-order chi connectivity index (χ1) is 34.3. The van der Waals surface area contributed by atoms with E-state index in [0.29, 0.717) is 11.1 Å². The number of benzene rings is 6. The van der Waals surface area contributed by atoms with Crippen LogP contribution in [0.4, 0.5) is 11.4 Å². The second kappa shape index (κ2) is 27.3. The van der Waals surface area contributed by atoms with Gasteiger partial charge in [0.15, 0.2) is 0 Å². The quantitative estimate of drug-likeness (QED) is 0.0323. The van der Waals surface area contributed by atoms with Crippen molar-refractivity contribution in [1.82, 2.24) is 0 Å². The minimum atomic E-state index is -1.36. The van der Waals surface area contributed by atoms with Crippen LogP contribution in [0, 0.1) is 0 Å². The summed E-state index contributed by atoms with van der Waals surface area (Å²) in [4.78, 5) is 4.96. The topological polar surface area (TPSA) is 93.1 Å². The van der Waals surface area contributed by atoms with Gasteiger partial charge in [0.05, 0.1) is 0 Å². The van der Waals surface area contributed by atoms with Crippen LogP contribution in [0.1, 0.15) is 205 Å². The molecule has 1 aliphatic rings. The Labute approximate surface area is 422 Å². The molecule has 0 aromatic heterocycles. The Balaban J connectivity index is 1.25. The van der Waals surface area contributed by atoms with Crippen LogP contribution in [0.5, 0.6) is 11.5 Å². The molecule has 6 nitrogen and oxygen atoms in total. The van der Waals surface area contributed by atoms with Crippen molar-refractivity contribution in [2.24, 2.45) is 0 Å². The van der Waals surface area contributed by atoms with Crippen molar-refractivity contribution in [2.75, 3.05) is 36.0 Å². The van der Waals surface area contributed by atoms with Crippen LogP contribution in [0.25, 0.3) is 43.1 Å². The van der Waals surface area contributed by atoms with E-state index < -0.39 is 24.0 Å². The zero-order valence-corrected chi connectivity index (χ0v) is 43.8. The Bertz CT molecular complexity index is 2320. The molecule has 2 N–H and O–H groups in total. The van der Waals surface area contributed by atoms with E-state index in [1.165, 1.54) is 128 Å². The van der Waals surface area contributed by atoms with Gasteiger partial charge in [0.1, 0.15) is 11.5 Å². The van der Waals surface area contributed by atoms with Crippen molar-refractivity contribution in [3.05, 3.63) is 96.1 Å². The van der Waals surface area contributed by atoms with E-state index in [9.17, 15) is 10.2 Å². The fraction of sp³-hybridized carbons (Fsp3) is 0.562. The van der Waals surface area contributed by atoms with Crippen LogP contribution in [0.15, 0.2) is 84.9 Å². The molecule has 70 heavy (non-hydrogen) atoms. The van der Waals surface area contributed by atoms with Gasteiger partial charge in [0, 0.05) is 71.6 Å². The van der Waals surface area contributed by atoms with Gasteiger partial charge in [-0.1, -0.05) is 205 Å². The monoisotopic (exact) mass is 949 g/mol. The Morgan fingerprint density at radius 1 is 0.357 bits per heavy atom. The molecule has 0 heterocycles. The van der Waals surface area contributed by atoms with Crippen LogP contribution < -0.4 is 20.0 Å². The molecule has 0 amide bonds. The number of unbranched alkanes of at least 4 members (excludes halogenated alkanes) is 20. The first-order valence-corrected chi connectivity index (χ1v) is 28.5. The molecule has 6 aromatic rings. The fourth-order valence-electron chi connectivity index (χ4n) is 11.8. The van der Waals surface area contributed by atoms with Crippen LogP contribution in [-0.4, -0.2) is 48.6 Å². The first kappa shape index (κ1) is 53.3. The SMILES string of the molecule is CCCCCCCCN(CCCCCCCC)c1cc(O)c(C2C([O-])C(c3c(O)cc(N(CCCCCCCC)CCCCCCCC)c4cc5ccccc5cc34)C2[O-])c2cc3ccccc3cc12. The van der Waals surface area contributed by atoms with Crippen molar-refractivity contribution >= 4 is 54.5 Å². The number of rotatable bonds is 32. The van der Waals surface area contributed by atoms with E-state index in [1.54, 1.807) is 0 Å². The molecule has 0 saturated heterocycles. The molecular weight excluding hydrogens is 861 g/mol. The molecule has 380 valence electrons.